The van der Waals surface area contributed by atoms with Gasteiger partial charge < -0.3 is 5.32 Å². The first kappa shape index (κ1) is 21.3. The molecule has 6 heteroatoms. The van der Waals surface area contributed by atoms with Crippen molar-refractivity contribution in [3.8, 4) is 0 Å². The topological polar surface area (TPSA) is 29.1 Å². The number of rotatable bonds is 6. The molecule has 0 bridgehead atoms. The standard InChI is InChI=1S/C21H23ClF3NO/c1-4-12-20(3,16-10-11-17(22)14(2)13-16)19(27)26-18(21(23,24)25)15-8-6-5-7-9-15/h5-11,13,18H,4,12H2,1-3H3,(H,26,27). The number of hydrogen-bond donors (Lipinski definition) is 1. The third kappa shape index (κ3) is 4.83. The minimum absolute atomic E-state index is 0.00415. The molecule has 0 aliphatic rings. The van der Waals surface area contributed by atoms with Crippen LogP contribution in [0.2, 0.25) is 5.02 Å². The first-order valence-corrected chi connectivity index (χ1v) is 9.16. The fourth-order valence-electron chi connectivity index (χ4n) is 3.17. The molecule has 0 aliphatic heterocycles. The Morgan fingerprint density at radius 1 is 1.15 bits per heavy atom. The van der Waals surface area contributed by atoms with E-state index < -0.39 is 23.5 Å². The molecule has 2 aromatic rings. The van der Waals surface area contributed by atoms with Crippen LogP contribution in [-0.4, -0.2) is 12.1 Å². The van der Waals surface area contributed by atoms with Crippen molar-refractivity contribution < 1.29 is 18.0 Å². The molecule has 2 aromatic carbocycles. The molecule has 1 amide bonds. The second-order valence-electron chi connectivity index (χ2n) is 6.90. The van der Waals surface area contributed by atoms with E-state index in [1.165, 1.54) is 24.3 Å². The second kappa shape index (κ2) is 8.34. The third-order valence-corrected chi connectivity index (χ3v) is 5.21. The molecule has 0 aromatic heterocycles. The molecule has 146 valence electrons. The Bertz CT molecular complexity index is 792. The van der Waals surface area contributed by atoms with Crippen LogP contribution in [-0.2, 0) is 10.2 Å². The van der Waals surface area contributed by atoms with Crippen molar-refractivity contribution in [1.29, 1.82) is 0 Å². The van der Waals surface area contributed by atoms with E-state index in [4.69, 9.17) is 11.6 Å². The summed E-state index contributed by atoms with van der Waals surface area (Å²) in [4.78, 5) is 13.0. The molecule has 2 atom stereocenters. The SMILES string of the molecule is CCCC(C)(C(=O)NC(c1ccccc1)C(F)(F)F)c1ccc(Cl)c(C)c1. The Kier molecular flexibility index (Phi) is 6.58. The molecule has 2 nitrogen and oxygen atoms in total. The van der Waals surface area contributed by atoms with Gasteiger partial charge in [0, 0.05) is 5.02 Å². The number of carbonyl (C=O) groups is 1. The summed E-state index contributed by atoms with van der Waals surface area (Å²) in [5.74, 6) is -0.655. The van der Waals surface area contributed by atoms with Gasteiger partial charge in [-0.1, -0.05) is 67.4 Å². The van der Waals surface area contributed by atoms with Gasteiger partial charge in [0.1, 0.15) is 0 Å². The van der Waals surface area contributed by atoms with E-state index >= 15 is 0 Å². The van der Waals surface area contributed by atoms with E-state index in [9.17, 15) is 18.0 Å². The molecule has 0 fully saturated rings. The van der Waals surface area contributed by atoms with Crippen molar-refractivity contribution in [2.24, 2.45) is 0 Å². The first-order valence-electron chi connectivity index (χ1n) is 8.79. The number of benzene rings is 2. The Balaban J connectivity index is 2.41. The predicted molar refractivity (Wildman–Crippen MR) is 102 cm³/mol. The van der Waals surface area contributed by atoms with Crippen LogP contribution in [0, 0.1) is 6.92 Å². The summed E-state index contributed by atoms with van der Waals surface area (Å²) < 4.78 is 40.9. The monoisotopic (exact) mass is 397 g/mol. The first-order chi connectivity index (χ1) is 12.6. The molecule has 2 unspecified atom stereocenters. The van der Waals surface area contributed by atoms with Crippen LogP contribution in [0.5, 0.6) is 0 Å². The number of alkyl halides is 3. The van der Waals surface area contributed by atoms with Crippen molar-refractivity contribution in [3.05, 3.63) is 70.2 Å². The molecule has 27 heavy (non-hydrogen) atoms. The van der Waals surface area contributed by atoms with Crippen molar-refractivity contribution in [3.63, 3.8) is 0 Å². The van der Waals surface area contributed by atoms with Crippen LogP contribution in [0.4, 0.5) is 13.2 Å². The molecule has 0 saturated heterocycles. The minimum Gasteiger partial charge on any atom is -0.340 e. The van der Waals surface area contributed by atoms with Gasteiger partial charge in [0.05, 0.1) is 5.41 Å². The van der Waals surface area contributed by atoms with Crippen LogP contribution < -0.4 is 5.32 Å². The minimum atomic E-state index is -4.60. The van der Waals surface area contributed by atoms with Crippen LogP contribution >= 0.6 is 11.6 Å². The Hall–Kier alpha value is -2.01. The third-order valence-electron chi connectivity index (χ3n) is 4.78. The molecule has 0 saturated carbocycles. The zero-order valence-corrected chi connectivity index (χ0v) is 16.3. The highest BCUT2D eigenvalue weighted by Crippen LogP contribution is 2.36. The number of amides is 1. The highest BCUT2D eigenvalue weighted by molar-refractivity contribution is 6.31. The second-order valence-corrected chi connectivity index (χ2v) is 7.31. The van der Waals surface area contributed by atoms with Crippen LogP contribution in [0.1, 0.15) is 49.4 Å². The molecule has 0 radical (unpaired) electrons. The van der Waals surface area contributed by atoms with E-state index in [-0.39, 0.29) is 5.56 Å². The van der Waals surface area contributed by atoms with E-state index in [0.717, 1.165) is 5.56 Å². The summed E-state index contributed by atoms with van der Waals surface area (Å²) in [6, 6.07) is 10.5. The maximum Gasteiger partial charge on any atom is 0.412 e. The van der Waals surface area contributed by atoms with Gasteiger partial charge in [-0.25, -0.2) is 0 Å². The van der Waals surface area contributed by atoms with E-state index in [0.29, 0.717) is 23.4 Å². The van der Waals surface area contributed by atoms with E-state index in [1.807, 2.05) is 6.92 Å². The van der Waals surface area contributed by atoms with Gasteiger partial charge in [0.15, 0.2) is 6.04 Å². The summed E-state index contributed by atoms with van der Waals surface area (Å²) in [7, 11) is 0. The average Bonchev–Trinajstić information content (AvgIpc) is 2.61. The zero-order valence-electron chi connectivity index (χ0n) is 15.5. The summed E-state index contributed by atoms with van der Waals surface area (Å²) in [6.45, 7) is 5.37. The largest absolute Gasteiger partial charge is 0.412 e. The summed E-state index contributed by atoms with van der Waals surface area (Å²) in [5, 5.41) is 2.79. The average molecular weight is 398 g/mol. The van der Waals surface area contributed by atoms with E-state index in [2.05, 4.69) is 5.32 Å². The number of aryl methyl sites for hydroxylation is 1. The maximum absolute atomic E-state index is 13.6. The van der Waals surface area contributed by atoms with Crippen LogP contribution in [0.15, 0.2) is 48.5 Å². The Labute approximate surface area is 162 Å². The van der Waals surface area contributed by atoms with Gasteiger partial charge in [-0.3, -0.25) is 4.79 Å². The molecule has 2 rings (SSSR count). The Morgan fingerprint density at radius 3 is 2.30 bits per heavy atom. The lowest BCUT2D eigenvalue weighted by atomic mass is 9.77. The van der Waals surface area contributed by atoms with Crippen molar-refractivity contribution in [2.75, 3.05) is 0 Å². The lowest BCUT2D eigenvalue weighted by molar-refractivity contribution is -0.165. The van der Waals surface area contributed by atoms with Gasteiger partial charge in [-0.15, -0.1) is 0 Å². The van der Waals surface area contributed by atoms with Gasteiger partial charge in [-0.2, -0.15) is 13.2 Å². The quantitative estimate of drug-likeness (QED) is 0.624. The highest BCUT2D eigenvalue weighted by atomic mass is 35.5. The van der Waals surface area contributed by atoms with Gasteiger partial charge in [0.25, 0.3) is 0 Å². The van der Waals surface area contributed by atoms with E-state index in [1.54, 1.807) is 38.1 Å². The lowest BCUT2D eigenvalue weighted by Crippen LogP contribution is -2.47. The number of nitrogens with one attached hydrogen (secondary N) is 1. The van der Waals surface area contributed by atoms with Gasteiger partial charge in [0.2, 0.25) is 5.91 Å². The molecular weight excluding hydrogens is 375 g/mol. The zero-order chi connectivity index (χ0) is 20.2. The molecule has 0 heterocycles. The Morgan fingerprint density at radius 2 is 1.78 bits per heavy atom. The fraction of sp³-hybridized carbons (Fsp3) is 0.381. The number of halogens is 4. The van der Waals surface area contributed by atoms with Crippen LogP contribution in [0.3, 0.4) is 0 Å². The van der Waals surface area contributed by atoms with Crippen molar-refractivity contribution in [2.45, 2.75) is 51.2 Å². The maximum atomic E-state index is 13.6. The molecular formula is C21H23ClF3NO. The molecule has 1 N–H and O–H groups in total. The van der Waals surface area contributed by atoms with Crippen LogP contribution in [0.25, 0.3) is 0 Å². The number of carbonyl (C=O) groups excluding carboxylic acids is 1. The summed E-state index contributed by atoms with van der Waals surface area (Å²) >= 11 is 6.06. The van der Waals surface area contributed by atoms with Gasteiger partial charge >= 0.3 is 6.18 Å². The molecule has 0 spiro atoms. The summed E-state index contributed by atoms with van der Waals surface area (Å²) in [6.07, 6.45) is -3.53. The lowest BCUT2D eigenvalue weighted by Gasteiger charge is -2.32. The smallest absolute Gasteiger partial charge is 0.340 e. The highest BCUT2D eigenvalue weighted by Gasteiger charge is 2.45. The fourth-order valence-corrected chi connectivity index (χ4v) is 3.28. The van der Waals surface area contributed by atoms with Crippen molar-refractivity contribution >= 4 is 17.5 Å². The number of hydrogen-bond acceptors (Lipinski definition) is 1. The van der Waals surface area contributed by atoms with Crippen molar-refractivity contribution in [1.82, 2.24) is 5.32 Å². The normalized spacial score (nSPS) is 15.1. The van der Waals surface area contributed by atoms with Gasteiger partial charge in [-0.05, 0) is 43.0 Å². The summed E-state index contributed by atoms with van der Waals surface area (Å²) in [5.41, 5.74) is 0.337. The molecule has 0 aliphatic carbocycles. The predicted octanol–water partition coefficient (Wildman–Crippen LogP) is 6.13.